The fraction of sp³-hybridized carbons (Fsp3) is 0.208. The van der Waals surface area contributed by atoms with Crippen LogP contribution in [0.15, 0.2) is 59.4 Å². The maximum Gasteiger partial charge on any atom is 0.273 e. The summed E-state index contributed by atoms with van der Waals surface area (Å²) in [5.41, 5.74) is 1.68. The van der Waals surface area contributed by atoms with Crippen LogP contribution in [0.25, 0.3) is 17.3 Å². The zero-order valence-electron chi connectivity index (χ0n) is 16.9. The van der Waals surface area contributed by atoms with Gasteiger partial charge in [0.25, 0.3) is 5.56 Å². The lowest BCUT2D eigenvalue weighted by Crippen LogP contribution is -2.33. The number of aromatic nitrogens is 1. The van der Waals surface area contributed by atoms with Gasteiger partial charge in [0.2, 0.25) is 0 Å². The second-order valence-corrected chi connectivity index (χ2v) is 8.90. The normalized spacial score (nSPS) is 13.1. The summed E-state index contributed by atoms with van der Waals surface area (Å²) in [5, 5.41) is 9.78. The third-order valence-corrected chi connectivity index (χ3v) is 5.54. The highest BCUT2D eigenvalue weighted by atomic mass is 32.1. The largest absolute Gasteiger partial charge is 0.293 e. The van der Waals surface area contributed by atoms with Crippen LogP contribution in [0, 0.1) is 23.7 Å². The first-order chi connectivity index (χ1) is 13.7. The Morgan fingerprint density at radius 3 is 2.24 bits per heavy atom. The van der Waals surface area contributed by atoms with Crippen LogP contribution in [-0.2, 0) is 4.79 Å². The van der Waals surface area contributed by atoms with E-state index in [1.54, 1.807) is 39.0 Å². The Morgan fingerprint density at radius 1 is 1.07 bits per heavy atom. The van der Waals surface area contributed by atoms with Gasteiger partial charge in [-0.3, -0.25) is 14.2 Å². The van der Waals surface area contributed by atoms with Crippen molar-refractivity contribution in [3.05, 3.63) is 85.3 Å². The Hall–Kier alpha value is -3.23. The van der Waals surface area contributed by atoms with E-state index in [1.165, 1.54) is 15.9 Å². The highest BCUT2D eigenvalue weighted by molar-refractivity contribution is 7.07. The molecule has 0 radical (unpaired) electrons. The molecular formula is C24H22N2O2S. The fourth-order valence-electron chi connectivity index (χ4n) is 2.85. The van der Waals surface area contributed by atoms with Crippen LogP contribution >= 0.6 is 11.3 Å². The summed E-state index contributed by atoms with van der Waals surface area (Å²) in [6, 6.07) is 19.0. The van der Waals surface area contributed by atoms with Crippen LogP contribution in [0.1, 0.15) is 31.9 Å². The van der Waals surface area contributed by atoms with Gasteiger partial charge in [-0.05, 0) is 30.7 Å². The minimum absolute atomic E-state index is 0.00649. The van der Waals surface area contributed by atoms with E-state index in [1.807, 2.05) is 49.4 Å². The molecule has 3 aromatic rings. The van der Waals surface area contributed by atoms with Gasteiger partial charge in [-0.2, -0.15) is 5.26 Å². The molecule has 0 bridgehead atoms. The Balaban J connectivity index is 2.41. The van der Waals surface area contributed by atoms with Gasteiger partial charge < -0.3 is 0 Å². The molecule has 29 heavy (non-hydrogen) atoms. The predicted octanol–water partition coefficient (Wildman–Crippen LogP) is 3.33. The number of hydrogen-bond donors (Lipinski definition) is 0. The SMILES string of the molecule is Cc1ccc(/C=c2\s/c(=C(/C#N)C(=O)C(C)(C)C)n(-c3ccccc3)c2=O)cc1. The quantitative estimate of drug-likeness (QED) is 0.675. The standard InChI is InChI=1S/C24H22N2O2S/c1-16-10-12-17(13-11-16)14-20-22(28)26(18-8-6-5-7-9-18)23(29-20)19(15-25)21(27)24(2,3)4/h5-14H,1-4H3/b20-14-,23-19-. The molecule has 0 amide bonds. The summed E-state index contributed by atoms with van der Waals surface area (Å²) in [6.07, 6.45) is 1.80. The highest BCUT2D eigenvalue weighted by Gasteiger charge is 2.27. The number of ketones is 1. The van der Waals surface area contributed by atoms with Gasteiger partial charge in [0.15, 0.2) is 5.78 Å². The summed E-state index contributed by atoms with van der Waals surface area (Å²) in [4.78, 5) is 26.2. The molecule has 2 aromatic carbocycles. The third kappa shape index (κ3) is 4.28. The summed E-state index contributed by atoms with van der Waals surface area (Å²) in [5.74, 6) is -0.284. The number of nitrogens with zero attached hydrogens (tertiary/aromatic N) is 2. The van der Waals surface area contributed by atoms with Crippen molar-refractivity contribution in [2.45, 2.75) is 27.7 Å². The lowest BCUT2D eigenvalue weighted by molar-refractivity contribution is -0.120. The number of aryl methyl sites for hydroxylation is 1. The number of Topliss-reactive ketones (excluding diaryl/α,β-unsaturated/α-hetero) is 1. The van der Waals surface area contributed by atoms with E-state index in [9.17, 15) is 14.9 Å². The molecule has 0 aliphatic heterocycles. The summed E-state index contributed by atoms with van der Waals surface area (Å²) in [6.45, 7) is 7.31. The van der Waals surface area contributed by atoms with Crippen molar-refractivity contribution >= 4 is 28.8 Å². The van der Waals surface area contributed by atoms with Gasteiger partial charge in [0.05, 0.1) is 10.2 Å². The van der Waals surface area contributed by atoms with Crippen LogP contribution in [0.3, 0.4) is 0 Å². The van der Waals surface area contributed by atoms with E-state index in [0.29, 0.717) is 14.9 Å². The Morgan fingerprint density at radius 2 is 1.69 bits per heavy atom. The van der Waals surface area contributed by atoms with Gasteiger partial charge >= 0.3 is 0 Å². The first kappa shape index (κ1) is 20.5. The van der Waals surface area contributed by atoms with E-state index in [0.717, 1.165) is 11.1 Å². The second kappa shape index (κ2) is 8.02. The lowest BCUT2D eigenvalue weighted by Gasteiger charge is -2.15. The molecule has 4 nitrogen and oxygen atoms in total. The third-order valence-electron chi connectivity index (χ3n) is 4.45. The first-order valence-electron chi connectivity index (χ1n) is 9.27. The van der Waals surface area contributed by atoms with Crippen LogP contribution in [0.2, 0.25) is 0 Å². The molecule has 0 saturated heterocycles. The topological polar surface area (TPSA) is 62.9 Å². The van der Waals surface area contributed by atoms with Crippen molar-refractivity contribution in [2.75, 3.05) is 0 Å². The average Bonchev–Trinajstić information content (AvgIpc) is 3.00. The molecule has 146 valence electrons. The number of carbonyl (C=O) groups is 1. The zero-order chi connectivity index (χ0) is 21.2. The van der Waals surface area contributed by atoms with Crippen molar-refractivity contribution in [3.8, 4) is 11.8 Å². The van der Waals surface area contributed by atoms with Gasteiger partial charge in [-0.15, -0.1) is 11.3 Å². The molecule has 5 heteroatoms. The Kier molecular flexibility index (Phi) is 5.67. The molecule has 0 fully saturated rings. The molecular weight excluding hydrogens is 380 g/mol. The zero-order valence-corrected chi connectivity index (χ0v) is 17.7. The molecule has 0 atom stereocenters. The number of thiazole rings is 1. The number of rotatable bonds is 3. The molecule has 3 rings (SSSR count). The van der Waals surface area contributed by atoms with E-state index in [2.05, 4.69) is 6.07 Å². The van der Waals surface area contributed by atoms with Gasteiger partial charge in [-0.1, -0.05) is 68.8 Å². The number of para-hydroxylation sites is 1. The van der Waals surface area contributed by atoms with Crippen molar-refractivity contribution in [1.29, 1.82) is 5.26 Å². The van der Waals surface area contributed by atoms with Crippen molar-refractivity contribution < 1.29 is 4.79 Å². The summed E-state index contributed by atoms with van der Waals surface area (Å²) in [7, 11) is 0. The number of nitriles is 1. The van der Waals surface area contributed by atoms with Crippen LogP contribution in [0.5, 0.6) is 0 Å². The minimum Gasteiger partial charge on any atom is -0.293 e. The van der Waals surface area contributed by atoms with Gasteiger partial charge in [-0.25, -0.2) is 0 Å². The maximum absolute atomic E-state index is 13.3. The summed E-state index contributed by atoms with van der Waals surface area (Å²) >= 11 is 1.17. The van der Waals surface area contributed by atoms with E-state index >= 15 is 0 Å². The Labute approximate surface area is 173 Å². The van der Waals surface area contributed by atoms with E-state index in [4.69, 9.17) is 0 Å². The summed E-state index contributed by atoms with van der Waals surface area (Å²) < 4.78 is 2.30. The molecule has 1 aromatic heterocycles. The van der Waals surface area contributed by atoms with Gasteiger partial charge in [0.1, 0.15) is 16.3 Å². The molecule has 0 spiro atoms. The highest BCUT2D eigenvalue weighted by Crippen LogP contribution is 2.20. The lowest BCUT2D eigenvalue weighted by atomic mass is 9.87. The number of benzene rings is 2. The van der Waals surface area contributed by atoms with Crippen molar-refractivity contribution in [1.82, 2.24) is 4.57 Å². The molecule has 0 saturated carbocycles. The fourth-order valence-corrected chi connectivity index (χ4v) is 3.95. The van der Waals surface area contributed by atoms with Crippen LogP contribution in [0.4, 0.5) is 0 Å². The maximum atomic E-state index is 13.3. The molecule has 1 heterocycles. The van der Waals surface area contributed by atoms with Crippen LogP contribution in [-0.4, -0.2) is 10.4 Å². The van der Waals surface area contributed by atoms with Crippen LogP contribution < -0.4 is 14.8 Å². The van der Waals surface area contributed by atoms with Gasteiger partial charge in [0, 0.05) is 5.41 Å². The monoisotopic (exact) mass is 402 g/mol. The smallest absolute Gasteiger partial charge is 0.273 e. The molecule has 0 unspecified atom stereocenters. The van der Waals surface area contributed by atoms with E-state index < -0.39 is 5.41 Å². The number of carbonyl (C=O) groups excluding carboxylic acids is 1. The molecule has 0 N–H and O–H groups in total. The Bertz CT molecular complexity index is 1270. The molecule has 0 aliphatic carbocycles. The first-order valence-corrected chi connectivity index (χ1v) is 10.1. The number of hydrogen-bond acceptors (Lipinski definition) is 4. The van der Waals surface area contributed by atoms with Crippen molar-refractivity contribution in [3.63, 3.8) is 0 Å². The van der Waals surface area contributed by atoms with Crippen molar-refractivity contribution in [2.24, 2.45) is 5.41 Å². The predicted molar refractivity (Wildman–Crippen MR) is 117 cm³/mol. The molecule has 0 aliphatic rings. The second-order valence-electron chi connectivity index (χ2n) is 7.87. The average molecular weight is 403 g/mol. The van der Waals surface area contributed by atoms with E-state index in [-0.39, 0.29) is 16.9 Å². The minimum atomic E-state index is -0.729.